The lowest BCUT2D eigenvalue weighted by atomic mass is 10.2. The molecule has 1 unspecified atom stereocenters. The maximum absolute atomic E-state index is 12.6. The van der Waals surface area contributed by atoms with Gasteiger partial charge in [0.05, 0.1) is 18.8 Å². The average molecular weight is 385 g/mol. The van der Waals surface area contributed by atoms with Crippen molar-refractivity contribution in [2.75, 3.05) is 25.0 Å². The lowest BCUT2D eigenvalue weighted by molar-refractivity contribution is -0.0250. The molecule has 0 aliphatic carbocycles. The number of thiazole rings is 1. The predicted molar refractivity (Wildman–Crippen MR) is 100 cm³/mol. The van der Waals surface area contributed by atoms with Crippen molar-refractivity contribution in [3.05, 3.63) is 46.6 Å². The van der Waals surface area contributed by atoms with Crippen LogP contribution in [-0.4, -0.2) is 55.7 Å². The summed E-state index contributed by atoms with van der Waals surface area (Å²) in [4.78, 5) is 28.7. The number of aromatic amines is 1. The lowest BCUT2D eigenvalue weighted by Crippen LogP contribution is -2.42. The first-order valence-electron chi connectivity index (χ1n) is 8.54. The summed E-state index contributed by atoms with van der Waals surface area (Å²) < 4.78 is 5.88. The van der Waals surface area contributed by atoms with E-state index < -0.39 is 0 Å². The minimum absolute atomic E-state index is 0.0943. The van der Waals surface area contributed by atoms with Crippen LogP contribution in [0.25, 0.3) is 0 Å². The highest BCUT2D eigenvalue weighted by atomic mass is 32.1. The summed E-state index contributed by atoms with van der Waals surface area (Å²) in [6.45, 7) is 5.23. The number of aromatic nitrogens is 5. The topological polar surface area (TPSA) is 109 Å². The van der Waals surface area contributed by atoms with Gasteiger partial charge in [-0.1, -0.05) is 0 Å². The largest absolute Gasteiger partial charge is 0.368 e. The zero-order valence-electron chi connectivity index (χ0n) is 15.0. The maximum atomic E-state index is 12.6. The monoisotopic (exact) mass is 385 g/mol. The highest BCUT2D eigenvalue weighted by Crippen LogP contribution is 2.26. The van der Waals surface area contributed by atoms with Crippen molar-refractivity contribution in [2.24, 2.45) is 0 Å². The van der Waals surface area contributed by atoms with Crippen LogP contribution in [-0.2, 0) is 4.74 Å². The van der Waals surface area contributed by atoms with Crippen molar-refractivity contribution >= 4 is 28.2 Å². The minimum atomic E-state index is -0.314. The van der Waals surface area contributed by atoms with Crippen LogP contribution < -0.4 is 5.32 Å². The molecule has 3 aromatic heterocycles. The van der Waals surface area contributed by atoms with Crippen LogP contribution >= 0.6 is 11.3 Å². The fourth-order valence-electron chi connectivity index (χ4n) is 2.90. The highest BCUT2D eigenvalue weighted by molar-refractivity contribution is 7.15. The standard InChI is InChI=1S/C17H19N7O2S/c1-10-8-18-17(27-10)22-15-7-13(20-11(2)21-15)14-9-24(5-6-26-14)16(25)12-3-4-19-23-12/h3-4,7-8,14H,5-6,9H2,1-2H3,(H,19,23)(H,18,20,21,22). The van der Waals surface area contributed by atoms with Crippen LogP contribution in [0.2, 0.25) is 0 Å². The summed E-state index contributed by atoms with van der Waals surface area (Å²) in [7, 11) is 0. The number of morpholine rings is 1. The van der Waals surface area contributed by atoms with E-state index >= 15 is 0 Å². The van der Waals surface area contributed by atoms with Crippen LogP contribution in [0, 0.1) is 13.8 Å². The van der Waals surface area contributed by atoms with Gasteiger partial charge in [0, 0.05) is 29.9 Å². The van der Waals surface area contributed by atoms with Crippen LogP contribution in [0.15, 0.2) is 24.5 Å². The van der Waals surface area contributed by atoms with Crippen LogP contribution in [0.4, 0.5) is 10.9 Å². The second-order valence-electron chi connectivity index (χ2n) is 6.21. The van der Waals surface area contributed by atoms with E-state index in [1.165, 1.54) is 0 Å². The molecule has 0 spiro atoms. The number of nitrogens with zero attached hydrogens (tertiary/aromatic N) is 5. The van der Waals surface area contributed by atoms with Crippen LogP contribution in [0.5, 0.6) is 0 Å². The maximum Gasteiger partial charge on any atom is 0.272 e. The van der Waals surface area contributed by atoms with Gasteiger partial charge in [0.25, 0.3) is 5.91 Å². The fraction of sp³-hybridized carbons (Fsp3) is 0.353. The number of hydrogen-bond donors (Lipinski definition) is 2. The summed E-state index contributed by atoms with van der Waals surface area (Å²) in [5.74, 6) is 1.19. The number of H-pyrrole nitrogens is 1. The Morgan fingerprint density at radius 3 is 3.04 bits per heavy atom. The molecule has 2 N–H and O–H groups in total. The zero-order valence-corrected chi connectivity index (χ0v) is 15.8. The number of rotatable bonds is 4. The highest BCUT2D eigenvalue weighted by Gasteiger charge is 2.28. The fourth-order valence-corrected chi connectivity index (χ4v) is 3.57. The zero-order chi connectivity index (χ0) is 18.8. The van der Waals surface area contributed by atoms with Crippen molar-refractivity contribution in [1.29, 1.82) is 0 Å². The number of amides is 1. The molecule has 10 heteroatoms. The first-order valence-corrected chi connectivity index (χ1v) is 9.35. The van der Waals surface area contributed by atoms with Crippen LogP contribution in [0.3, 0.4) is 0 Å². The van der Waals surface area contributed by atoms with Gasteiger partial charge in [-0.05, 0) is 19.9 Å². The number of hydrogen-bond acceptors (Lipinski definition) is 8. The number of aryl methyl sites for hydroxylation is 2. The smallest absolute Gasteiger partial charge is 0.272 e. The van der Waals surface area contributed by atoms with Crippen molar-refractivity contribution in [3.8, 4) is 0 Å². The van der Waals surface area contributed by atoms with E-state index in [9.17, 15) is 4.79 Å². The van der Waals surface area contributed by atoms with E-state index in [4.69, 9.17) is 4.74 Å². The summed E-state index contributed by atoms with van der Waals surface area (Å²) in [6, 6.07) is 3.51. The van der Waals surface area contributed by atoms with E-state index in [1.807, 2.05) is 26.1 Å². The van der Waals surface area contributed by atoms with Crippen molar-refractivity contribution < 1.29 is 9.53 Å². The van der Waals surface area contributed by atoms with Gasteiger partial charge < -0.3 is 15.0 Å². The van der Waals surface area contributed by atoms with Crippen molar-refractivity contribution in [2.45, 2.75) is 20.0 Å². The molecule has 1 fully saturated rings. The Bertz CT molecular complexity index is 941. The number of ether oxygens (including phenoxy) is 1. The molecule has 27 heavy (non-hydrogen) atoms. The van der Waals surface area contributed by atoms with Gasteiger partial charge in [0.15, 0.2) is 5.13 Å². The second-order valence-corrected chi connectivity index (χ2v) is 7.44. The van der Waals surface area contributed by atoms with Gasteiger partial charge in [-0.25, -0.2) is 15.0 Å². The lowest BCUT2D eigenvalue weighted by Gasteiger charge is -2.32. The van der Waals surface area contributed by atoms with Gasteiger partial charge in [0.1, 0.15) is 23.4 Å². The van der Waals surface area contributed by atoms with Crippen LogP contribution in [0.1, 0.15) is 33.0 Å². The van der Waals surface area contributed by atoms with E-state index in [0.29, 0.717) is 37.0 Å². The summed E-state index contributed by atoms with van der Waals surface area (Å²) >= 11 is 1.56. The molecule has 0 saturated carbocycles. The van der Waals surface area contributed by atoms with E-state index in [0.717, 1.165) is 15.7 Å². The Kier molecular flexibility index (Phi) is 4.82. The molecule has 1 aliphatic rings. The second kappa shape index (κ2) is 7.41. The van der Waals surface area contributed by atoms with E-state index in [-0.39, 0.29) is 12.0 Å². The summed E-state index contributed by atoms with van der Waals surface area (Å²) in [5, 5.41) is 10.5. The third-order valence-electron chi connectivity index (χ3n) is 4.13. The first kappa shape index (κ1) is 17.6. The van der Waals surface area contributed by atoms with Gasteiger partial charge in [-0.3, -0.25) is 9.89 Å². The molecule has 1 aliphatic heterocycles. The first-order chi connectivity index (χ1) is 13.1. The molecule has 1 amide bonds. The normalized spacial score (nSPS) is 17.1. The third kappa shape index (κ3) is 3.96. The predicted octanol–water partition coefficient (Wildman–Crippen LogP) is 2.23. The molecule has 3 aromatic rings. The molecule has 1 saturated heterocycles. The molecule has 4 rings (SSSR count). The van der Waals surface area contributed by atoms with Gasteiger partial charge in [-0.15, -0.1) is 11.3 Å². The number of nitrogens with one attached hydrogen (secondary N) is 2. The molecule has 0 bridgehead atoms. The molecule has 0 radical (unpaired) electrons. The Morgan fingerprint density at radius 2 is 2.30 bits per heavy atom. The molecule has 1 atom stereocenters. The number of anilines is 2. The Labute approximate surface area is 159 Å². The SMILES string of the molecule is Cc1nc(Nc2ncc(C)s2)cc(C2CN(C(=O)c3ccn[nH]3)CCO2)n1. The van der Waals surface area contributed by atoms with E-state index in [1.54, 1.807) is 28.5 Å². The summed E-state index contributed by atoms with van der Waals surface area (Å²) in [6.07, 6.45) is 3.06. The average Bonchev–Trinajstić information content (AvgIpc) is 3.33. The Morgan fingerprint density at radius 1 is 1.41 bits per heavy atom. The molecule has 4 heterocycles. The van der Waals surface area contributed by atoms with Crippen molar-refractivity contribution in [3.63, 3.8) is 0 Å². The Balaban J connectivity index is 1.52. The molecule has 0 aromatic carbocycles. The molecule has 9 nitrogen and oxygen atoms in total. The molecule has 140 valence electrons. The number of carbonyl (C=O) groups is 1. The van der Waals surface area contributed by atoms with Gasteiger partial charge in [0.2, 0.25) is 0 Å². The molecular formula is C17H19N7O2S. The van der Waals surface area contributed by atoms with Gasteiger partial charge in [-0.2, -0.15) is 5.10 Å². The third-order valence-corrected chi connectivity index (χ3v) is 4.96. The quantitative estimate of drug-likeness (QED) is 0.709. The number of carbonyl (C=O) groups excluding carboxylic acids is 1. The minimum Gasteiger partial charge on any atom is -0.368 e. The Hall–Kier alpha value is -2.85. The summed E-state index contributed by atoms with van der Waals surface area (Å²) in [5.41, 5.74) is 1.21. The van der Waals surface area contributed by atoms with E-state index in [2.05, 4.69) is 30.5 Å². The van der Waals surface area contributed by atoms with Crippen molar-refractivity contribution in [1.82, 2.24) is 30.0 Å². The molecular weight excluding hydrogens is 366 g/mol. The van der Waals surface area contributed by atoms with Gasteiger partial charge >= 0.3 is 0 Å².